The van der Waals surface area contributed by atoms with Crippen LogP contribution in [0.2, 0.25) is 0 Å². The topological polar surface area (TPSA) is 50.6 Å². The van der Waals surface area contributed by atoms with Crippen LogP contribution < -0.4 is 15.2 Å². The quantitative estimate of drug-likeness (QED) is 0.803. The first kappa shape index (κ1) is 18.9. The third-order valence-electron chi connectivity index (χ3n) is 5.44. The molecular formula is C20H24F2N4O2. The van der Waals surface area contributed by atoms with Crippen LogP contribution in [0.25, 0.3) is 5.69 Å². The van der Waals surface area contributed by atoms with Gasteiger partial charge in [-0.05, 0) is 44.9 Å². The van der Waals surface area contributed by atoms with Crippen molar-refractivity contribution in [3.05, 3.63) is 46.4 Å². The minimum Gasteiger partial charge on any atom is -0.483 e. The number of halogens is 2. The second-order valence-corrected chi connectivity index (χ2v) is 7.52. The summed E-state index contributed by atoms with van der Waals surface area (Å²) in [7, 11) is 2.06. The average molecular weight is 390 g/mol. The number of piperazine rings is 1. The smallest absolute Gasteiger partial charge is 0.316 e. The highest BCUT2D eigenvalue weighted by atomic mass is 19.1. The Morgan fingerprint density at radius 3 is 2.32 bits per heavy atom. The Morgan fingerprint density at radius 1 is 1.04 bits per heavy atom. The molecule has 4 rings (SSSR count). The number of likely N-dealkylation sites (N-methyl/N-ethyl adjacent to an activating group) is 1. The van der Waals surface area contributed by atoms with Crippen LogP contribution in [0.5, 0.6) is 5.75 Å². The van der Waals surface area contributed by atoms with Crippen LogP contribution in [0.15, 0.2) is 29.2 Å². The van der Waals surface area contributed by atoms with E-state index >= 15 is 0 Å². The molecule has 0 atom stereocenters. The summed E-state index contributed by atoms with van der Waals surface area (Å²) in [6.45, 7) is 3.27. The van der Waals surface area contributed by atoms with Gasteiger partial charge in [-0.3, -0.25) is 4.79 Å². The van der Waals surface area contributed by atoms with Gasteiger partial charge in [-0.25, -0.2) is 8.78 Å². The molecule has 1 aromatic carbocycles. The van der Waals surface area contributed by atoms with E-state index in [2.05, 4.69) is 21.9 Å². The molecule has 2 aromatic rings. The summed E-state index contributed by atoms with van der Waals surface area (Å²) in [5.74, 6) is -1.30. The molecule has 0 spiro atoms. The lowest BCUT2D eigenvalue weighted by atomic mass is 10.2. The summed E-state index contributed by atoms with van der Waals surface area (Å²) in [6, 6.07) is 2.95. The Labute approximate surface area is 162 Å². The monoisotopic (exact) mass is 390 g/mol. The van der Waals surface area contributed by atoms with Crippen molar-refractivity contribution in [3.63, 3.8) is 0 Å². The maximum Gasteiger partial charge on any atom is 0.316 e. The number of rotatable bonds is 4. The van der Waals surface area contributed by atoms with E-state index in [1.54, 1.807) is 6.20 Å². The van der Waals surface area contributed by atoms with Gasteiger partial charge in [-0.1, -0.05) is 0 Å². The van der Waals surface area contributed by atoms with Crippen LogP contribution in [-0.4, -0.2) is 54.0 Å². The van der Waals surface area contributed by atoms with Gasteiger partial charge in [-0.15, -0.1) is 0 Å². The van der Waals surface area contributed by atoms with E-state index < -0.39 is 17.2 Å². The standard InChI is InChI=1S/C20H24F2N4O2/c1-24-6-8-25(9-7-24)18-13-23-26(16-11-14(21)10-15(22)12-16)20(27)19(18)28-17-4-2-3-5-17/h10-13,17H,2-9H2,1H3. The van der Waals surface area contributed by atoms with E-state index in [1.165, 1.54) is 0 Å². The van der Waals surface area contributed by atoms with Crippen molar-refractivity contribution in [2.75, 3.05) is 38.1 Å². The number of nitrogens with zero attached hydrogens (tertiary/aromatic N) is 4. The zero-order valence-corrected chi connectivity index (χ0v) is 15.9. The summed E-state index contributed by atoms with van der Waals surface area (Å²) in [5.41, 5.74) is 0.204. The predicted octanol–water partition coefficient (Wildman–Crippen LogP) is 2.58. The van der Waals surface area contributed by atoms with Crippen LogP contribution in [0.4, 0.5) is 14.5 Å². The molecule has 6 nitrogen and oxygen atoms in total. The predicted molar refractivity (Wildman–Crippen MR) is 102 cm³/mol. The van der Waals surface area contributed by atoms with Crippen molar-refractivity contribution in [2.24, 2.45) is 0 Å². The van der Waals surface area contributed by atoms with Crippen LogP contribution in [0.3, 0.4) is 0 Å². The molecule has 1 saturated carbocycles. The molecule has 1 aliphatic carbocycles. The highest BCUT2D eigenvalue weighted by molar-refractivity contribution is 5.57. The van der Waals surface area contributed by atoms with E-state index in [-0.39, 0.29) is 17.5 Å². The summed E-state index contributed by atoms with van der Waals surface area (Å²) < 4.78 is 34.4. The van der Waals surface area contributed by atoms with Gasteiger partial charge < -0.3 is 14.5 Å². The fraction of sp³-hybridized carbons (Fsp3) is 0.500. The fourth-order valence-electron chi connectivity index (χ4n) is 3.83. The molecule has 1 aliphatic heterocycles. The normalized spacial score (nSPS) is 18.6. The van der Waals surface area contributed by atoms with E-state index in [9.17, 15) is 13.6 Å². The van der Waals surface area contributed by atoms with Gasteiger partial charge in [-0.2, -0.15) is 9.78 Å². The van der Waals surface area contributed by atoms with E-state index in [0.717, 1.165) is 74.7 Å². The lowest BCUT2D eigenvalue weighted by Gasteiger charge is -2.34. The van der Waals surface area contributed by atoms with Crippen LogP contribution >= 0.6 is 0 Å². The second-order valence-electron chi connectivity index (χ2n) is 7.52. The van der Waals surface area contributed by atoms with Gasteiger partial charge in [0.2, 0.25) is 5.75 Å². The van der Waals surface area contributed by atoms with E-state index in [0.29, 0.717) is 5.69 Å². The maximum atomic E-state index is 13.7. The molecule has 0 amide bonds. The number of anilines is 1. The van der Waals surface area contributed by atoms with Crippen LogP contribution in [-0.2, 0) is 0 Å². The summed E-state index contributed by atoms with van der Waals surface area (Å²) in [4.78, 5) is 17.5. The Hall–Kier alpha value is -2.48. The third kappa shape index (κ3) is 3.87. The van der Waals surface area contributed by atoms with Crippen LogP contribution in [0, 0.1) is 11.6 Å². The summed E-state index contributed by atoms with van der Waals surface area (Å²) >= 11 is 0. The van der Waals surface area contributed by atoms with Crippen molar-refractivity contribution < 1.29 is 13.5 Å². The Bertz CT molecular complexity index is 883. The lowest BCUT2D eigenvalue weighted by Crippen LogP contribution is -2.45. The Balaban J connectivity index is 1.76. The van der Waals surface area contributed by atoms with Crippen molar-refractivity contribution in [2.45, 2.75) is 31.8 Å². The molecule has 0 N–H and O–H groups in total. The zero-order chi connectivity index (χ0) is 19.7. The molecule has 1 saturated heterocycles. The lowest BCUT2D eigenvalue weighted by molar-refractivity contribution is 0.205. The zero-order valence-electron chi connectivity index (χ0n) is 15.9. The van der Waals surface area contributed by atoms with Gasteiger partial charge in [0.05, 0.1) is 18.0 Å². The molecule has 2 heterocycles. The first-order chi connectivity index (χ1) is 13.5. The third-order valence-corrected chi connectivity index (χ3v) is 5.44. The molecule has 8 heteroatoms. The van der Waals surface area contributed by atoms with Gasteiger partial charge >= 0.3 is 5.56 Å². The summed E-state index contributed by atoms with van der Waals surface area (Å²) in [6.07, 6.45) is 5.50. The molecule has 0 radical (unpaired) electrons. The molecule has 28 heavy (non-hydrogen) atoms. The molecular weight excluding hydrogens is 366 g/mol. The molecule has 2 aliphatic rings. The molecule has 0 unspecified atom stereocenters. The SMILES string of the molecule is CN1CCN(c2cnn(-c3cc(F)cc(F)c3)c(=O)c2OC2CCCC2)CC1. The van der Waals surface area contributed by atoms with Crippen LogP contribution in [0.1, 0.15) is 25.7 Å². The maximum absolute atomic E-state index is 13.7. The largest absolute Gasteiger partial charge is 0.483 e. The second kappa shape index (κ2) is 7.87. The highest BCUT2D eigenvalue weighted by Gasteiger charge is 2.26. The van der Waals surface area contributed by atoms with Crippen molar-refractivity contribution in [3.8, 4) is 11.4 Å². The van der Waals surface area contributed by atoms with E-state index in [4.69, 9.17) is 4.74 Å². The van der Waals surface area contributed by atoms with Crippen molar-refractivity contribution >= 4 is 5.69 Å². The van der Waals surface area contributed by atoms with Gasteiger partial charge in [0.15, 0.2) is 0 Å². The van der Waals surface area contributed by atoms with Crippen molar-refractivity contribution in [1.82, 2.24) is 14.7 Å². The molecule has 0 bridgehead atoms. The first-order valence-electron chi connectivity index (χ1n) is 9.70. The number of ether oxygens (including phenoxy) is 1. The first-order valence-corrected chi connectivity index (χ1v) is 9.70. The number of hydrogen-bond acceptors (Lipinski definition) is 5. The van der Waals surface area contributed by atoms with Gasteiger partial charge in [0.25, 0.3) is 0 Å². The molecule has 150 valence electrons. The summed E-state index contributed by atoms with van der Waals surface area (Å²) in [5, 5.41) is 4.20. The Kier molecular flexibility index (Phi) is 5.30. The van der Waals surface area contributed by atoms with Crippen molar-refractivity contribution in [1.29, 1.82) is 0 Å². The molecule has 1 aromatic heterocycles. The molecule has 2 fully saturated rings. The average Bonchev–Trinajstić information content (AvgIpc) is 3.16. The van der Waals surface area contributed by atoms with Gasteiger partial charge in [0.1, 0.15) is 17.3 Å². The number of hydrogen-bond donors (Lipinski definition) is 0. The Morgan fingerprint density at radius 2 is 1.68 bits per heavy atom. The van der Waals surface area contributed by atoms with Gasteiger partial charge in [0, 0.05) is 32.2 Å². The number of benzene rings is 1. The minimum absolute atomic E-state index is 0.0148. The number of aromatic nitrogens is 2. The fourth-order valence-corrected chi connectivity index (χ4v) is 3.83. The minimum atomic E-state index is -0.759. The van der Waals surface area contributed by atoms with E-state index in [1.807, 2.05) is 0 Å². The highest BCUT2D eigenvalue weighted by Crippen LogP contribution is 2.30.